The molecule has 0 atom stereocenters. The molecule has 2 aromatic rings. The minimum atomic E-state index is -0.911. The molecule has 0 amide bonds. The molecule has 19 heavy (non-hydrogen) atoms. The molecule has 5 nitrogen and oxygen atoms in total. The molecule has 0 saturated heterocycles. The van der Waals surface area contributed by atoms with Crippen molar-refractivity contribution < 1.29 is 9.90 Å². The third kappa shape index (κ3) is 2.93. The number of carboxylic acid groups (broad SMARTS) is 1. The van der Waals surface area contributed by atoms with Crippen LogP contribution in [0.2, 0.25) is 0 Å². The van der Waals surface area contributed by atoms with Crippen molar-refractivity contribution in [3.05, 3.63) is 29.6 Å². The molecular weight excluding hydrogens is 242 g/mol. The lowest BCUT2D eigenvalue weighted by Gasteiger charge is -2.07. The normalized spacial score (nSPS) is 11.4. The van der Waals surface area contributed by atoms with E-state index in [1.54, 1.807) is 18.2 Å². The fourth-order valence-electron chi connectivity index (χ4n) is 2.07. The van der Waals surface area contributed by atoms with Gasteiger partial charge in [0.15, 0.2) is 0 Å². The molecule has 2 rings (SSSR count). The molecule has 0 unspecified atom stereocenters. The maximum absolute atomic E-state index is 11.0. The number of aromatic nitrogens is 2. The highest BCUT2D eigenvalue weighted by molar-refractivity contribution is 5.92. The number of nitrogens with zero attached hydrogens (tertiary/aromatic N) is 2. The molecular formula is C14H19N3O2. The molecule has 1 aromatic carbocycles. The summed E-state index contributed by atoms with van der Waals surface area (Å²) in [7, 11) is 1.92. The van der Waals surface area contributed by atoms with Gasteiger partial charge in [-0.1, -0.05) is 13.8 Å². The van der Waals surface area contributed by atoms with Crippen molar-refractivity contribution in [2.45, 2.75) is 26.3 Å². The van der Waals surface area contributed by atoms with Gasteiger partial charge in [-0.2, -0.15) is 0 Å². The predicted molar refractivity (Wildman–Crippen MR) is 74.5 cm³/mol. The lowest BCUT2D eigenvalue weighted by atomic mass is 10.2. The van der Waals surface area contributed by atoms with E-state index in [-0.39, 0.29) is 0 Å². The number of imidazole rings is 1. The van der Waals surface area contributed by atoms with Gasteiger partial charge in [0.25, 0.3) is 0 Å². The monoisotopic (exact) mass is 261 g/mol. The molecule has 2 N–H and O–H groups in total. The van der Waals surface area contributed by atoms with Crippen molar-refractivity contribution in [1.29, 1.82) is 0 Å². The number of benzene rings is 1. The smallest absolute Gasteiger partial charge is 0.335 e. The van der Waals surface area contributed by atoms with Crippen LogP contribution in [-0.2, 0) is 13.5 Å². The Bertz CT molecular complexity index is 602. The summed E-state index contributed by atoms with van der Waals surface area (Å²) in [6, 6.07) is 5.48. The van der Waals surface area contributed by atoms with Gasteiger partial charge in [0.1, 0.15) is 5.82 Å². The first-order valence-electron chi connectivity index (χ1n) is 6.41. The zero-order valence-corrected chi connectivity index (χ0v) is 11.5. The van der Waals surface area contributed by atoms with Crippen LogP contribution >= 0.6 is 0 Å². The average molecular weight is 261 g/mol. The Hall–Kier alpha value is -1.88. The minimum absolute atomic E-state index is 0.294. The molecule has 102 valence electrons. The van der Waals surface area contributed by atoms with Crippen molar-refractivity contribution in [2.24, 2.45) is 7.05 Å². The summed E-state index contributed by atoms with van der Waals surface area (Å²) in [5.74, 6) is 0.0526. The second kappa shape index (κ2) is 5.40. The summed E-state index contributed by atoms with van der Waals surface area (Å²) in [5.41, 5.74) is 1.99. The van der Waals surface area contributed by atoms with Crippen molar-refractivity contribution in [2.75, 3.05) is 6.54 Å². The van der Waals surface area contributed by atoms with Crippen LogP contribution in [0.5, 0.6) is 0 Å². The second-order valence-electron chi connectivity index (χ2n) is 4.95. The second-order valence-corrected chi connectivity index (χ2v) is 4.95. The zero-order chi connectivity index (χ0) is 14.0. The fourth-order valence-corrected chi connectivity index (χ4v) is 2.07. The van der Waals surface area contributed by atoms with Gasteiger partial charge in [0, 0.05) is 26.1 Å². The van der Waals surface area contributed by atoms with Gasteiger partial charge in [0.05, 0.1) is 16.6 Å². The minimum Gasteiger partial charge on any atom is -0.478 e. The topological polar surface area (TPSA) is 67.2 Å². The molecule has 0 spiro atoms. The van der Waals surface area contributed by atoms with Gasteiger partial charge in [-0.05, 0) is 18.2 Å². The first-order valence-corrected chi connectivity index (χ1v) is 6.41. The largest absolute Gasteiger partial charge is 0.478 e. The summed E-state index contributed by atoms with van der Waals surface area (Å²) in [5, 5.41) is 12.4. The van der Waals surface area contributed by atoms with E-state index in [0.29, 0.717) is 11.6 Å². The van der Waals surface area contributed by atoms with E-state index < -0.39 is 5.97 Å². The number of aromatic carboxylic acids is 1. The van der Waals surface area contributed by atoms with E-state index in [9.17, 15) is 4.79 Å². The number of hydrogen-bond donors (Lipinski definition) is 2. The van der Waals surface area contributed by atoms with Crippen LogP contribution < -0.4 is 5.32 Å². The summed E-state index contributed by atoms with van der Waals surface area (Å²) < 4.78 is 1.96. The van der Waals surface area contributed by atoms with Crippen LogP contribution in [0.1, 0.15) is 30.0 Å². The van der Waals surface area contributed by atoms with E-state index in [1.165, 1.54) is 0 Å². The van der Waals surface area contributed by atoms with Gasteiger partial charge < -0.3 is 15.0 Å². The summed E-state index contributed by atoms with van der Waals surface area (Å²) in [6.07, 6.45) is 0.825. The van der Waals surface area contributed by atoms with Crippen LogP contribution in [-0.4, -0.2) is 33.2 Å². The van der Waals surface area contributed by atoms with E-state index in [2.05, 4.69) is 24.1 Å². The highest BCUT2D eigenvalue weighted by Crippen LogP contribution is 2.17. The number of nitrogens with one attached hydrogen (secondary N) is 1. The van der Waals surface area contributed by atoms with Gasteiger partial charge in [0.2, 0.25) is 0 Å². The van der Waals surface area contributed by atoms with E-state index in [4.69, 9.17) is 5.11 Å². The summed E-state index contributed by atoms with van der Waals surface area (Å²) in [6.45, 7) is 5.07. The Morgan fingerprint density at radius 1 is 1.47 bits per heavy atom. The SMILES string of the molecule is CC(C)NCCc1nc2ccc(C(=O)O)cc2n1C. The third-order valence-electron chi connectivity index (χ3n) is 3.12. The van der Waals surface area contributed by atoms with Crippen molar-refractivity contribution in [3.8, 4) is 0 Å². The number of fused-ring (bicyclic) bond motifs is 1. The van der Waals surface area contributed by atoms with E-state index in [1.807, 2.05) is 11.6 Å². The molecule has 0 saturated carbocycles. The first kappa shape index (κ1) is 13.5. The zero-order valence-electron chi connectivity index (χ0n) is 11.5. The number of aryl methyl sites for hydroxylation is 1. The predicted octanol–water partition coefficient (Wildman–Crippen LogP) is 1.81. The van der Waals surface area contributed by atoms with Crippen LogP contribution in [0.3, 0.4) is 0 Å². The third-order valence-corrected chi connectivity index (χ3v) is 3.12. The van der Waals surface area contributed by atoms with Crippen molar-refractivity contribution in [3.63, 3.8) is 0 Å². The standard InChI is InChI=1S/C14H19N3O2/c1-9(2)15-7-6-13-16-11-5-4-10(14(18)19)8-12(11)17(13)3/h4-5,8-9,15H,6-7H2,1-3H3,(H,18,19). The molecule has 0 radical (unpaired) electrons. The maximum atomic E-state index is 11.0. The average Bonchev–Trinajstić information content (AvgIpc) is 2.66. The quantitative estimate of drug-likeness (QED) is 0.861. The molecule has 0 aliphatic heterocycles. The molecule has 5 heteroatoms. The highest BCUT2D eigenvalue weighted by atomic mass is 16.4. The lowest BCUT2D eigenvalue weighted by Crippen LogP contribution is -2.25. The van der Waals surface area contributed by atoms with Crippen LogP contribution in [0, 0.1) is 0 Å². The fraction of sp³-hybridized carbons (Fsp3) is 0.429. The van der Waals surface area contributed by atoms with Gasteiger partial charge in [-0.15, -0.1) is 0 Å². The lowest BCUT2D eigenvalue weighted by molar-refractivity contribution is 0.0697. The van der Waals surface area contributed by atoms with Gasteiger partial charge in [-0.3, -0.25) is 0 Å². The molecule has 1 heterocycles. The van der Waals surface area contributed by atoms with E-state index in [0.717, 1.165) is 29.8 Å². The molecule has 0 bridgehead atoms. The van der Waals surface area contributed by atoms with Crippen LogP contribution in [0.15, 0.2) is 18.2 Å². The Kier molecular flexibility index (Phi) is 3.85. The van der Waals surface area contributed by atoms with E-state index >= 15 is 0 Å². The number of carboxylic acids is 1. The summed E-state index contributed by atoms with van der Waals surface area (Å²) >= 11 is 0. The van der Waals surface area contributed by atoms with Crippen LogP contribution in [0.4, 0.5) is 0 Å². The molecule has 1 aromatic heterocycles. The van der Waals surface area contributed by atoms with Gasteiger partial charge in [-0.25, -0.2) is 9.78 Å². The Balaban J connectivity index is 2.27. The Morgan fingerprint density at radius 3 is 2.84 bits per heavy atom. The molecule has 0 fully saturated rings. The maximum Gasteiger partial charge on any atom is 0.335 e. The Labute approximate surface area is 112 Å². The highest BCUT2D eigenvalue weighted by Gasteiger charge is 2.10. The summed E-state index contributed by atoms with van der Waals surface area (Å²) in [4.78, 5) is 15.5. The Morgan fingerprint density at radius 2 is 2.21 bits per heavy atom. The number of hydrogen-bond acceptors (Lipinski definition) is 3. The number of carbonyl (C=O) groups is 1. The number of rotatable bonds is 5. The van der Waals surface area contributed by atoms with Crippen LogP contribution in [0.25, 0.3) is 11.0 Å². The van der Waals surface area contributed by atoms with Crippen molar-refractivity contribution >= 4 is 17.0 Å². The molecule has 0 aliphatic rings. The first-order chi connectivity index (χ1) is 8.99. The molecule has 0 aliphatic carbocycles. The van der Waals surface area contributed by atoms with Crippen molar-refractivity contribution in [1.82, 2.24) is 14.9 Å². The van der Waals surface area contributed by atoms with Gasteiger partial charge >= 0.3 is 5.97 Å².